The van der Waals surface area contributed by atoms with Gasteiger partial charge in [0, 0.05) is 12.6 Å². The molecule has 122 valence electrons. The number of benzene rings is 1. The highest BCUT2D eigenvalue weighted by Crippen LogP contribution is 2.24. The number of amides is 3. The summed E-state index contributed by atoms with van der Waals surface area (Å²) < 4.78 is 5.18. The molecule has 3 atom stereocenters. The fraction of sp³-hybridized carbons (Fsp3) is 0.438. The molecule has 2 N–H and O–H groups in total. The third-order valence-corrected chi connectivity index (χ3v) is 4.30. The maximum atomic E-state index is 12.4. The summed E-state index contributed by atoms with van der Waals surface area (Å²) in [4.78, 5) is 38.1. The highest BCUT2D eigenvalue weighted by Gasteiger charge is 2.45. The number of hydrogen-bond acceptors (Lipinski definition) is 4. The molecule has 0 aromatic heterocycles. The number of piperazine rings is 1. The number of fused-ring (bicyclic) bond motifs is 1. The molecule has 2 heterocycles. The van der Waals surface area contributed by atoms with Gasteiger partial charge in [0.15, 0.2) is 0 Å². The molecule has 0 unspecified atom stereocenters. The van der Waals surface area contributed by atoms with Crippen molar-refractivity contribution in [2.45, 2.75) is 31.5 Å². The minimum absolute atomic E-state index is 0.108. The lowest BCUT2D eigenvalue weighted by atomic mass is 10.1. The van der Waals surface area contributed by atoms with Crippen LogP contribution in [-0.4, -0.2) is 54.4 Å². The lowest BCUT2D eigenvalue weighted by Crippen LogP contribution is -2.60. The molecule has 23 heavy (non-hydrogen) atoms. The van der Waals surface area contributed by atoms with Gasteiger partial charge in [0.25, 0.3) is 5.91 Å². The molecule has 1 aromatic carbocycles. The van der Waals surface area contributed by atoms with Gasteiger partial charge in [0.1, 0.15) is 17.8 Å². The summed E-state index contributed by atoms with van der Waals surface area (Å²) in [5, 5.41) is 5.55. The Bertz CT molecular complexity index is 660. The first-order valence-corrected chi connectivity index (χ1v) is 7.56. The van der Waals surface area contributed by atoms with E-state index in [1.165, 1.54) is 7.11 Å². The zero-order valence-electron chi connectivity index (χ0n) is 13.0. The van der Waals surface area contributed by atoms with Crippen LogP contribution >= 0.6 is 0 Å². The fourth-order valence-corrected chi connectivity index (χ4v) is 3.15. The van der Waals surface area contributed by atoms with E-state index in [0.717, 1.165) is 0 Å². The lowest BCUT2D eigenvalue weighted by Gasteiger charge is -2.32. The van der Waals surface area contributed by atoms with Crippen LogP contribution in [0.25, 0.3) is 0 Å². The van der Waals surface area contributed by atoms with Crippen LogP contribution in [0.1, 0.15) is 23.7 Å². The van der Waals surface area contributed by atoms with Crippen LogP contribution in [0.2, 0.25) is 0 Å². The summed E-state index contributed by atoms with van der Waals surface area (Å²) in [7, 11) is 1.51. The normalized spacial score (nSPS) is 26.5. The maximum absolute atomic E-state index is 12.4. The highest BCUT2D eigenvalue weighted by atomic mass is 16.5. The van der Waals surface area contributed by atoms with Gasteiger partial charge in [0.05, 0.1) is 12.7 Å². The van der Waals surface area contributed by atoms with Gasteiger partial charge >= 0.3 is 0 Å². The van der Waals surface area contributed by atoms with Crippen LogP contribution in [0.3, 0.4) is 0 Å². The molecule has 0 radical (unpaired) electrons. The van der Waals surface area contributed by atoms with E-state index in [9.17, 15) is 14.4 Å². The number of ether oxygens (including phenoxy) is 1. The van der Waals surface area contributed by atoms with Crippen molar-refractivity contribution in [3.05, 3.63) is 29.8 Å². The van der Waals surface area contributed by atoms with Crippen molar-refractivity contribution in [3.8, 4) is 5.75 Å². The molecular weight excluding hydrogens is 298 g/mol. The number of nitrogens with zero attached hydrogens (tertiary/aromatic N) is 1. The van der Waals surface area contributed by atoms with Crippen molar-refractivity contribution in [3.63, 3.8) is 0 Å². The summed E-state index contributed by atoms with van der Waals surface area (Å²) in [6.07, 6.45) is 0.422. The van der Waals surface area contributed by atoms with Gasteiger partial charge in [-0.1, -0.05) is 12.1 Å². The number of carbonyl (C=O) groups is 3. The first kappa shape index (κ1) is 15.3. The average molecular weight is 317 g/mol. The second-order valence-corrected chi connectivity index (χ2v) is 5.84. The Hall–Kier alpha value is -2.57. The summed E-state index contributed by atoms with van der Waals surface area (Å²) in [6.45, 7) is 2.01. The van der Waals surface area contributed by atoms with E-state index < -0.39 is 12.1 Å². The third kappa shape index (κ3) is 2.74. The Morgan fingerprint density at radius 1 is 1.35 bits per heavy atom. The summed E-state index contributed by atoms with van der Waals surface area (Å²) in [5.74, 6) is -0.0499. The Morgan fingerprint density at radius 2 is 2.09 bits per heavy atom. The zero-order chi connectivity index (χ0) is 16.6. The van der Waals surface area contributed by atoms with Crippen LogP contribution in [0.15, 0.2) is 24.3 Å². The third-order valence-electron chi connectivity index (χ3n) is 4.30. The molecule has 2 aliphatic rings. The summed E-state index contributed by atoms with van der Waals surface area (Å²) >= 11 is 0. The molecule has 3 rings (SSSR count). The van der Waals surface area contributed by atoms with Crippen molar-refractivity contribution in [2.24, 2.45) is 0 Å². The smallest absolute Gasteiger partial charge is 0.255 e. The van der Waals surface area contributed by atoms with Gasteiger partial charge in [-0.25, -0.2) is 0 Å². The summed E-state index contributed by atoms with van der Waals surface area (Å²) in [5.41, 5.74) is 0.434. The Balaban J connectivity index is 1.71. The van der Waals surface area contributed by atoms with E-state index in [0.29, 0.717) is 24.3 Å². The molecule has 0 spiro atoms. The van der Waals surface area contributed by atoms with E-state index in [-0.39, 0.29) is 23.8 Å². The van der Waals surface area contributed by atoms with Crippen molar-refractivity contribution in [1.82, 2.24) is 15.5 Å². The lowest BCUT2D eigenvalue weighted by molar-refractivity contribution is -0.146. The fourth-order valence-electron chi connectivity index (χ4n) is 3.15. The molecule has 7 heteroatoms. The number of carbonyl (C=O) groups excluding carboxylic acids is 3. The molecule has 1 aromatic rings. The van der Waals surface area contributed by atoms with Crippen LogP contribution in [-0.2, 0) is 9.59 Å². The molecule has 0 saturated carbocycles. The quantitative estimate of drug-likeness (QED) is 0.816. The van der Waals surface area contributed by atoms with Gasteiger partial charge in [-0.05, 0) is 25.5 Å². The van der Waals surface area contributed by atoms with Crippen molar-refractivity contribution < 1.29 is 19.1 Å². The molecule has 2 aliphatic heterocycles. The molecule has 0 aliphatic carbocycles. The molecule has 2 fully saturated rings. The number of nitrogens with one attached hydrogen (secondary N) is 2. The second-order valence-electron chi connectivity index (χ2n) is 5.84. The van der Waals surface area contributed by atoms with Gasteiger partial charge in [0.2, 0.25) is 11.8 Å². The van der Waals surface area contributed by atoms with Gasteiger partial charge < -0.3 is 20.3 Å². The highest BCUT2D eigenvalue weighted by molar-refractivity contribution is 5.99. The Kier molecular flexibility index (Phi) is 3.94. The van der Waals surface area contributed by atoms with E-state index in [4.69, 9.17) is 4.74 Å². The predicted octanol–water partition coefficient (Wildman–Crippen LogP) is -0.0872. The largest absolute Gasteiger partial charge is 0.496 e. The number of para-hydroxylation sites is 1. The van der Waals surface area contributed by atoms with Crippen molar-refractivity contribution >= 4 is 17.7 Å². The minimum Gasteiger partial charge on any atom is -0.496 e. The molecular formula is C16H19N3O4. The van der Waals surface area contributed by atoms with E-state index >= 15 is 0 Å². The second kappa shape index (κ2) is 5.91. The van der Waals surface area contributed by atoms with Crippen molar-refractivity contribution in [2.75, 3.05) is 13.7 Å². The SMILES string of the molecule is COc1ccccc1C(=O)N[C@H]1C[C@H]2C(=O)N[C@@H](C)C(=O)N2C1. The first-order chi connectivity index (χ1) is 11.0. The number of methoxy groups -OCH3 is 1. The minimum atomic E-state index is -0.512. The van der Waals surface area contributed by atoms with Crippen LogP contribution in [0.5, 0.6) is 5.75 Å². The van der Waals surface area contributed by atoms with Gasteiger partial charge in [-0.15, -0.1) is 0 Å². The van der Waals surface area contributed by atoms with E-state index in [1.807, 2.05) is 0 Å². The zero-order valence-corrected chi connectivity index (χ0v) is 13.0. The predicted molar refractivity (Wildman–Crippen MR) is 82.0 cm³/mol. The van der Waals surface area contributed by atoms with Crippen LogP contribution in [0.4, 0.5) is 0 Å². The summed E-state index contributed by atoms with van der Waals surface area (Å²) in [6, 6.07) is 5.67. The topological polar surface area (TPSA) is 87.7 Å². The Labute approximate surface area is 134 Å². The molecule has 7 nitrogen and oxygen atoms in total. The van der Waals surface area contributed by atoms with Gasteiger partial charge in [-0.2, -0.15) is 0 Å². The maximum Gasteiger partial charge on any atom is 0.255 e. The van der Waals surface area contributed by atoms with Crippen LogP contribution < -0.4 is 15.4 Å². The molecule has 2 saturated heterocycles. The van der Waals surface area contributed by atoms with E-state index in [2.05, 4.69) is 10.6 Å². The average Bonchev–Trinajstić information content (AvgIpc) is 2.97. The molecule has 0 bridgehead atoms. The molecule has 3 amide bonds. The standard InChI is InChI=1S/C16H19N3O4/c1-9-16(22)19-8-10(7-12(19)15(21)17-9)18-14(20)11-5-3-4-6-13(11)23-2/h3-6,9-10,12H,7-8H2,1-2H3,(H,17,21)(H,18,20)/t9-,10-,12-/m0/s1. The van der Waals surface area contributed by atoms with Gasteiger partial charge in [-0.3, -0.25) is 14.4 Å². The van der Waals surface area contributed by atoms with E-state index in [1.54, 1.807) is 36.1 Å². The Morgan fingerprint density at radius 3 is 2.83 bits per heavy atom. The first-order valence-electron chi connectivity index (χ1n) is 7.56. The number of hydrogen-bond donors (Lipinski definition) is 2. The van der Waals surface area contributed by atoms with Crippen LogP contribution in [0, 0.1) is 0 Å². The van der Waals surface area contributed by atoms with Crippen molar-refractivity contribution in [1.29, 1.82) is 0 Å². The number of rotatable bonds is 3. The monoisotopic (exact) mass is 317 g/mol.